The lowest BCUT2D eigenvalue weighted by molar-refractivity contribution is 0.0945. The van der Waals surface area contributed by atoms with Crippen LogP contribution in [0.3, 0.4) is 0 Å². The van der Waals surface area contributed by atoms with Crippen LogP contribution in [0.4, 0.5) is 11.6 Å². The van der Waals surface area contributed by atoms with Crippen molar-refractivity contribution in [3.63, 3.8) is 0 Å². The van der Waals surface area contributed by atoms with Crippen LogP contribution >= 0.6 is 0 Å². The van der Waals surface area contributed by atoms with Crippen LogP contribution in [0.15, 0.2) is 24.7 Å². The minimum atomic E-state index is -0.118. The number of nitrogens with zero attached hydrogens (tertiary/aromatic N) is 5. The van der Waals surface area contributed by atoms with Crippen LogP contribution < -0.4 is 20.9 Å². The Morgan fingerprint density at radius 3 is 3.07 bits per heavy atom. The van der Waals surface area contributed by atoms with Gasteiger partial charge in [0.15, 0.2) is 0 Å². The molecule has 0 bridgehead atoms. The lowest BCUT2D eigenvalue weighted by Gasteiger charge is -2.26. The zero-order chi connectivity index (χ0) is 19.3. The van der Waals surface area contributed by atoms with Crippen molar-refractivity contribution in [3.05, 3.63) is 30.4 Å². The van der Waals surface area contributed by atoms with Crippen LogP contribution in [0.1, 0.15) is 42.2 Å². The monoisotopic (exact) mass is 384 g/mol. The predicted octanol–water partition coefficient (Wildman–Crippen LogP) is 1.04. The molecule has 9 heteroatoms. The Balaban J connectivity index is 1.35. The van der Waals surface area contributed by atoms with Crippen LogP contribution in [0.25, 0.3) is 0 Å². The van der Waals surface area contributed by atoms with Gasteiger partial charge in [-0.1, -0.05) is 0 Å². The molecule has 28 heavy (non-hydrogen) atoms. The van der Waals surface area contributed by atoms with Gasteiger partial charge in [-0.3, -0.25) is 9.48 Å². The topological polar surface area (TPSA) is 100 Å². The molecule has 2 saturated heterocycles. The Hall–Kier alpha value is -2.68. The highest BCUT2D eigenvalue weighted by Crippen LogP contribution is 2.24. The van der Waals surface area contributed by atoms with Gasteiger partial charge in [-0.05, 0) is 38.3 Å². The Morgan fingerprint density at radius 1 is 1.32 bits per heavy atom. The Bertz CT molecular complexity index is 801. The van der Waals surface area contributed by atoms with E-state index in [-0.39, 0.29) is 11.9 Å². The summed E-state index contributed by atoms with van der Waals surface area (Å²) in [4.78, 5) is 23.4. The van der Waals surface area contributed by atoms with Crippen molar-refractivity contribution in [2.45, 2.75) is 37.8 Å². The van der Waals surface area contributed by atoms with Crippen molar-refractivity contribution < 1.29 is 4.79 Å². The fourth-order valence-corrected chi connectivity index (χ4v) is 4.01. The average Bonchev–Trinajstić information content (AvgIpc) is 3.42. The number of carbonyl (C=O) groups is 1. The third-order valence-electron chi connectivity index (χ3n) is 5.56. The van der Waals surface area contributed by atoms with Gasteiger partial charge in [-0.2, -0.15) is 5.10 Å². The van der Waals surface area contributed by atoms with E-state index in [0.29, 0.717) is 18.3 Å². The van der Waals surface area contributed by atoms with Crippen molar-refractivity contribution in [2.24, 2.45) is 0 Å². The van der Waals surface area contributed by atoms with Crippen molar-refractivity contribution in [1.29, 1.82) is 0 Å². The van der Waals surface area contributed by atoms with Gasteiger partial charge in [0.25, 0.3) is 5.91 Å². The minimum Gasteiger partial charge on any atom is -0.373 e. The summed E-state index contributed by atoms with van der Waals surface area (Å²) in [5.41, 5.74) is 0.481. The molecule has 4 heterocycles. The number of carbonyl (C=O) groups excluding carboxylic acids is 1. The fourth-order valence-electron chi connectivity index (χ4n) is 4.01. The molecule has 2 aliphatic heterocycles. The van der Waals surface area contributed by atoms with Gasteiger partial charge in [0.1, 0.15) is 23.7 Å². The molecule has 2 aromatic heterocycles. The maximum absolute atomic E-state index is 12.6. The van der Waals surface area contributed by atoms with E-state index >= 15 is 0 Å². The van der Waals surface area contributed by atoms with Gasteiger partial charge in [0.2, 0.25) is 0 Å². The molecule has 0 saturated carbocycles. The van der Waals surface area contributed by atoms with Gasteiger partial charge >= 0.3 is 0 Å². The number of hydrogen-bond donors (Lipinski definition) is 3. The fraction of sp³-hybridized carbons (Fsp3) is 0.579. The van der Waals surface area contributed by atoms with Gasteiger partial charge in [0.05, 0.1) is 6.04 Å². The molecule has 1 amide bonds. The average molecular weight is 384 g/mol. The van der Waals surface area contributed by atoms with Crippen molar-refractivity contribution in [2.75, 3.05) is 43.4 Å². The van der Waals surface area contributed by atoms with Gasteiger partial charge in [-0.25, -0.2) is 9.97 Å². The third kappa shape index (κ3) is 4.09. The van der Waals surface area contributed by atoms with E-state index in [4.69, 9.17) is 0 Å². The van der Waals surface area contributed by atoms with Gasteiger partial charge in [0, 0.05) is 45.0 Å². The Labute approximate surface area is 164 Å². The standard InChI is InChI=1S/C19H28N8O/c1-20-17-10-18(24-13-23-17)26-8-3-5-14(26)12-22-19(28)16-6-9-27(25-16)15-4-2-7-21-11-15/h6,9-10,13-15,21H,2-5,7-8,11-12H2,1H3,(H,22,28)(H,20,23,24). The van der Waals surface area contributed by atoms with E-state index in [0.717, 1.165) is 57.0 Å². The van der Waals surface area contributed by atoms with Crippen LogP contribution in [0.2, 0.25) is 0 Å². The summed E-state index contributed by atoms with van der Waals surface area (Å²) in [5.74, 6) is 1.57. The van der Waals surface area contributed by atoms with Crippen molar-refractivity contribution in [1.82, 2.24) is 30.4 Å². The Kier molecular flexibility index (Phi) is 5.70. The van der Waals surface area contributed by atoms with E-state index in [9.17, 15) is 4.79 Å². The summed E-state index contributed by atoms with van der Waals surface area (Å²) in [7, 11) is 1.84. The van der Waals surface area contributed by atoms with Crippen LogP contribution in [0.5, 0.6) is 0 Å². The highest BCUT2D eigenvalue weighted by Gasteiger charge is 2.27. The lowest BCUT2D eigenvalue weighted by atomic mass is 10.1. The van der Waals surface area contributed by atoms with E-state index in [2.05, 4.69) is 35.9 Å². The highest BCUT2D eigenvalue weighted by molar-refractivity contribution is 5.92. The Morgan fingerprint density at radius 2 is 2.25 bits per heavy atom. The first kappa shape index (κ1) is 18.7. The van der Waals surface area contributed by atoms with Gasteiger partial charge < -0.3 is 20.9 Å². The van der Waals surface area contributed by atoms with E-state index in [1.165, 1.54) is 0 Å². The molecule has 9 nitrogen and oxygen atoms in total. The molecule has 0 spiro atoms. The maximum Gasteiger partial charge on any atom is 0.271 e. The van der Waals surface area contributed by atoms with Crippen molar-refractivity contribution in [3.8, 4) is 0 Å². The molecule has 150 valence electrons. The summed E-state index contributed by atoms with van der Waals surface area (Å²) in [5, 5.41) is 14.0. The smallest absolute Gasteiger partial charge is 0.271 e. The number of aromatic nitrogens is 4. The quantitative estimate of drug-likeness (QED) is 0.684. The molecule has 2 atom stereocenters. The summed E-state index contributed by atoms with van der Waals surface area (Å²) in [6, 6.07) is 4.31. The molecule has 0 radical (unpaired) electrons. The molecule has 4 rings (SSSR count). The second-order valence-corrected chi connectivity index (χ2v) is 7.39. The van der Waals surface area contributed by atoms with Crippen molar-refractivity contribution >= 4 is 17.5 Å². The molecule has 3 N–H and O–H groups in total. The highest BCUT2D eigenvalue weighted by atomic mass is 16.1. The predicted molar refractivity (Wildman–Crippen MR) is 108 cm³/mol. The van der Waals surface area contributed by atoms with Gasteiger partial charge in [-0.15, -0.1) is 0 Å². The summed E-state index contributed by atoms with van der Waals surface area (Å²) < 4.78 is 1.92. The lowest BCUT2D eigenvalue weighted by Crippen LogP contribution is -2.40. The van der Waals surface area contributed by atoms with Crippen LogP contribution in [0, 0.1) is 0 Å². The molecular weight excluding hydrogens is 356 g/mol. The molecule has 2 aromatic rings. The van der Waals surface area contributed by atoms with E-state index in [1.807, 2.05) is 24.0 Å². The number of nitrogens with one attached hydrogen (secondary N) is 3. The zero-order valence-electron chi connectivity index (χ0n) is 16.3. The second kappa shape index (κ2) is 8.55. The number of rotatable bonds is 6. The number of amides is 1. The third-order valence-corrected chi connectivity index (χ3v) is 5.56. The zero-order valence-corrected chi connectivity index (χ0v) is 16.3. The van der Waals surface area contributed by atoms with E-state index in [1.54, 1.807) is 12.4 Å². The maximum atomic E-state index is 12.6. The molecule has 2 aliphatic rings. The largest absolute Gasteiger partial charge is 0.373 e. The molecule has 0 aliphatic carbocycles. The molecular formula is C19H28N8O. The van der Waals surface area contributed by atoms with Crippen LogP contribution in [-0.2, 0) is 0 Å². The first-order chi connectivity index (χ1) is 13.7. The molecule has 2 fully saturated rings. The first-order valence-corrected chi connectivity index (χ1v) is 10.0. The summed E-state index contributed by atoms with van der Waals surface area (Å²) >= 11 is 0. The second-order valence-electron chi connectivity index (χ2n) is 7.39. The molecule has 2 unspecified atom stereocenters. The number of piperidine rings is 1. The minimum absolute atomic E-state index is 0.118. The van der Waals surface area contributed by atoms with E-state index < -0.39 is 0 Å². The summed E-state index contributed by atoms with van der Waals surface area (Å²) in [6.07, 6.45) is 7.84. The number of hydrogen-bond acceptors (Lipinski definition) is 7. The first-order valence-electron chi connectivity index (χ1n) is 10.0. The van der Waals surface area contributed by atoms with Crippen LogP contribution in [-0.4, -0.2) is 64.9 Å². The normalized spacial score (nSPS) is 22.2. The molecule has 0 aromatic carbocycles. The summed E-state index contributed by atoms with van der Waals surface area (Å²) in [6.45, 7) is 3.48. The SMILES string of the molecule is CNc1cc(N2CCCC2CNC(=O)c2ccn(C3CCCNC3)n2)ncn1. The number of anilines is 2.